The van der Waals surface area contributed by atoms with Crippen molar-refractivity contribution >= 4 is 61.8 Å². The van der Waals surface area contributed by atoms with Gasteiger partial charge in [-0.2, -0.15) is 0 Å². The normalized spacial score (nSPS) is 15.0. The number of ether oxygens (including phenoxy) is 2. The minimum Gasteiger partial charge on any atom is -0.496 e. The molecular formula is C34H29BrClN3O4S. The number of para-hydroxylation sites is 1. The number of aromatic nitrogens is 2. The second kappa shape index (κ2) is 12.2. The summed E-state index contributed by atoms with van der Waals surface area (Å²) < 4.78 is 15.9. The average molecular weight is 691 g/mol. The Hall–Kier alpha value is -3.92. The second-order valence-corrected chi connectivity index (χ2v) is 12.7. The molecule has 5 aromatic rings. The molecule has 44 heavy (non-hydrogen) atoms. The summed E-state index contributed by atoms with van der Waals surface area (Å²) in [6.07, 6.45) is 1.94. The van der Waals surface area contributed by atoms with Crippen LogP contribution in [0.25, 0.3) is 17.0 Å². The Kier molecular flexibility index (Phi) is 8.37. The van der Waals surface area contributed by atoms with Gasteiger partial charge in [-0.3, -0.25) is 9.36 Å². The van der Waals surface area contributed by atoms with Gasteiger partial charge in [-0.1, -0.05) is 65.4 Å². The van der Waals surface area contributed by atoms with Crippen molar-refractivity contribution in [3.05, 3.63) is 130 Å². The fraction of sp³-hybridized carbons (Fsp3) is 0.206. The maximum atomic E-state index is 14.3. The van der Waals surface area contributed by atoms with Crippen LogP contribution in [0.3, 0.4) is 0 Å². The van der Waals surface area contributed by atoms with Gasteiger partial charge < -0.3 is 14.0 Å². The Morgan fingerprint density at radius 1 is 1.11 bits per heavy atom. The zero-order chi connectivity index (χ0) is 31.1. The van der Waals surface area contributed by atoms with Gasteiger partial charge in [0.2, 0.25) is 0 Å². The van der Waals surface area contributed by atoms with Gasteiger partial charge in [-0.05, 0) is 78.2 Å². The topological polar surface area (TPSA) is 74.8 Å². The van der Waals surface area contributed by atoms with E-state index in [1.165, 1.54) is 11.3 Å². The Morgan fingerprint density at radius 2 is 1.86 bits per heavy atom. The number of esters is 1. The van der Waals surface area contributed by atoms with Crippen LogP contribution in [0.15, 0.2) is 92.3 Å². The van der Waals surface area contributed by atoms with Crippen molar-refractivity contribution in [2.45, 2.75) is 33.4 Å². The Labute approximate surface area is 271 Å². The molecule has 0 N–H and O–H groups in total. The van der Waals surface area contributed by atoms with E-state index in [0.717, 1.165) is 33.3 Å². The molecule has 0 radical (unpaired) electrons. The molecule has 0 fully saturated rings. The van der Waals surface area contributed by atoms with Crippen molar-refractivity contribution in [3.8, 4) is 5.75 Å². The van der Waals surface area contributed by atoms with Gasteiger partial charge in [0.15, 0.2) is 4.80 Å². The highest BCUT2D eigenvalue weighted by molar-refractivity contribution is 9.10. The molecule has 1 atom stereocenters. The van der Waals surface area contributed by atoms with E-state index < -0.39 is 12.0 Å². The summed E-state index contributed by atoms with van der Waals surface area (Å²) >= 11 is 11.4. The number of rotatable bonds is 7. The van der Waals surface area contributed by atoms with Crippen molar-refractivity contribution in [1.82, 2.24) is 9.13 Å². The molecular weight excluding hydrogens is 662 g/mol. The highest BCUT2D eigenvalue weighted by atomic mass is 79.9. The van der Waals surface area contributed by atoms with E-state index in [1.807, 2.05) is 60.7 Å². The van der Waals surface area contributed by atoms with Crippen LogP contribution in [0.4, 0.5) is 0 Å². The molecule has 0 saturated heterocycles. The van der Waals surface area contributed by atoms with Gasteiger partial charge in [0, 0.05) is 33.7 Å². The highest BCUT2D eigenvalue weighted by Crippen LogP contribution is 2.35. The van der Waals surface area contributed by atoms with Gasteiger partial charge in [-0.15, -0.1) is 0 Å². The number of fused-ring (bicyclic) bond motifs is 2. The number of carbonyl (C=O) groups excluding carboxylic acids is 1. The Balaban J connectivity index is 1.56. The molecule has 2 aromatic heterocycles. The van der Waals surface area contributed by atoms with Crippen molar-refractivity contribution < 1.29 is 14.3 Å². The molecule has 6 rings (SSSR count). The molecule has 0 aliphatic carbocycles. The van der Waals surface area contributed by atoms with Crippen LogP contribution < -0.4 is 19.6 Å². The second-order valence-electron chi connectivity index (χ2n) is 10.4. The van der Waals surface area contributed by atoms with Crippen LogP contribution in [-0.2, 0) is 16.1 Å². The van der Waals surface area contributed by atoms with E-state index in [0.29, 0.717) is 42.4 Å². The first-order chi connectivity index (χ1) is 21.2. The van der Waals surface area contributed by atoms with E-state index in [9.17, 15) is 9.59 Å². The highest BCUT2D eigenvalue weighted by Gasteiger charge is 2.33. The number of hydrogen-bond acceptors (Lipinski definition) is 6. The molecule has 0 unspecified atom stereocenters. The van der Waals surface area contributed by atoms with Gasteiger partial charge in [-0.25, -0.2) is 9.79 Å². The molecule has 7 nitrogen and oxygen atoms in total. The van der Waals surface area contributed by atoms with Crippen molar-refractivity contribution in [2.75, 3.05) is 13.7 Å². The molecule has 0 saturated carbocycles. The van der Waals surface area contributed by atoms with Gasteiger partial charge in [0.05, 0.1) is 40.0 Å². The first kappa shape index (κ1) is 30.1. The molecule has 1 aliphatic heterocycles. The van der Waals surface area contributed by atoms with E-state index in [1.54, 1.807) is 25.5 Å². The van der Waals surface area contributed by atoms with Crippen molar-refractivity contribution in [2.24, 2.45) is 4.99 Å². The predicted octanol–water partition coefficient (Wildman–Crippen LogP) is 6.53. The first-order valence-electron chi connectivity index (χ1n) is 14.1. The summed E-state index contributed by atoms with van der Waals surface area (Å²) in [5.74, 6) is 0.140. The van der Waals surface area contributed by atoms with Crippen molar-refractivity contribution in [1.29, 1.82) is 0 Å². The van der Waals surface area contributed by atoms with E-state index in [-0.39, 0.29) is 12.2 Å². The molecule has 1 aliphatic rings. The zero-order valence-corrected chi connectivity index (χ0v) is 27.7. The minimum atomic E-state index is -0.725. The first-order valence-corrected chi connectivity index (χ1v) is 16.1. The van der Waals surface area contributed by atoms with Crippen LogP contribution in [0.1, 0.15) is 42.3 Å². The number of nitrogens with zero attached hydrogens (tertiary/aromatic N) is 3. The maximum Gasteiger partial charge on any atom is 0.338 e. The fourth-order valence-corrected chi connectivity index (χ4v) is 7.51. The molecule has 3 aromatic carbocycles. The predicted molar refractivity (Wildman–Crippen MR) is 178 cm³/mol. The van der Waals surface area contributed by atoms with Crippen LogP contribution in [0, 0.1) is 6.92 Å². The summed E-state index contributed by atoms with van der Waals surface area (Å²) in [4.78, 5) is 32.8. The minimum absolute atomic E-state index is 0.205. The zero-order valence-electron chi connectivity index (χ0n) is 24.6. The summed E-state index contributed by atoms with van der Waals surface area (Å²) in [6.45, 7) is 6.39. The molecule has 3 heterocycles. The summed E-state index contributed by atoms with van der Waals surface area (Å²) in [7, 11) is 1.59. The third-order valence-electron chi connectivity index (χ3n) is 7.85. The number of allylic oxidation sites excluding steroid dienone is 1. The van der Waals surface area contributed by atoms with Gasteiger partial charge in [0.25, 0.3) is 5.56 Å². The van der Waals surface area contributed by atoms with Crippen LogP contribution in [-0.4, -0.2) is 28.8 Å². The lowest BCUT2D eigenvalue weighted by atomic mass is 9.96. The summed E-state index contributed by atoms with van der Waals surface area (Å²) in [5, 5.41) is 1.74. The number of hydrogen-bond donors (Lipinski definition) is 0. The quantitative estimate of drug-likeness (QED) is 0.182. The van der Waals surface area contributed by atoms with E-state index in [4.69, 9.17) is 26.1 Å². The lowest BCUT2D eigenvalue weighted by Gasteiger charge is -2.25. The third-order valence-corrected chi connectivity index (χ3v) is 9.82. The largest absolute Gasteiger partial charge is 0.496 e. The number of benzene rings is 3. The Bertz CT molecular complexity index is 2160. The van der Waals surface area contributed by atoms with Crippen molar-refractivity contribution in [3.63, 3.8) is 0 Å². The van der Waals surface area contributed by atoms with E-state index >= 15 is 0 Å². The van der Waals surface area contributed by atoms with Gasteiger partial charge >= 0.3 is 5.97 Å². The lowest BCUT2D eigenvalue weighted by Crippen LogP contribution is -2.40. The van der Waals surface area contributed by atoms with Crippen LogP contribution >= 0.6 is 38.9 Å². The summed E-state index contributed by atoms with van der Waals surface area (Å²) in [6, 6.07) is 20.8. The third kappa shape index (κ3) is 5.23. The molecule has 0 bridgehead atoms. The molecule has 0 amide bonds. The van der Waals surface area contributed by atoms with Crippen LogP contribution in [0.5, 0.6) is 5.75 Å². The standard InChI is InChI=1S/C34H29BrClN3O4S/c1-5-43-33(41)30-19(2)37-34-39(31(30)21-14-15-28(42-4)25(35)16-21)32(40)29(44-34)17-24-20(3)38(27-13-9-7-11-23(24)27)18-22-10-6-8-12-26(22)36/h6-17,31H,5,18H2,1-4H3/b29-17-/t31-/m1/s1. The molecule has 224 valence electrons. The summed E-state index contributed by atoms with van der Waals surface area (Å²) in [5.41, 5.74) is 5.36. The number of thiazole rings is 1. The number of halogens is 2. The van der Waals surface area contributed by atoms with Crippen LogP contribution in [0.2, 0.25) is 5.02 Å². The Morgan fingerprint density at radius 3 is 2.59 bits per heavy atom. The monoisotopic (exact) mass is 689 g/mol. The smallest absolute Gasteiger partial charge is 0.338 e. The fourth-order valence-electron chi connectivity index (χ4n) is 5.73. The SMILES string of the molecule is CCOC(=O)C1=C(C)N=c2s/c(=C\c3c(C)n(Cc4ccccc4Cl)c4ccccc34)c(=O)n2[C@@H]1c1ccc(OC)c(Br)c1. The van der Waals surface area contributed by atoms with Gasteiger partial charge in [0.1, 0.15) is 5.75 Å². The maximum absolute atomic E-state index is 14.3. The number of methoxy groups -OCH3 is 1. The molecule has 0 spiro atoms. The van der Waals surface area contributed by atoms with E-state index in [2.05, 4.69) is 39.6 Å². The number of carbonyl (C=O) groups is 1. The molecule has 10 heteroatoms. The lowest BCUT2D eigenvalue weighted by molar-refractivity contribution is -0.139. The average Bonchev–Trinajstić information content (AvgIpc) is 3.46.